The highest BCUT2D eigenvalue weighted by molar-refractivity contribution is 5.39. The van der Waals surface area contributed by atoms with Gasteiger partial charge in [-0.25, -0.2) is 9.37 Å². The largest absolute Gasteiger partial charge is 0.383 e. The Bertz CT molecular complexity index is 509. The van der Waals surface area contributed by atoms with Gasteiger partial charge in [0.25, 0.3) is 0 Å². The maximum absolute atomic E-state index is 13.7. The first kappa shape index (κ1) is 14.5. The van der Waals surface area contributed by atoms with Crippen molar-refractivity contribution in [1.82, 2.24) is 10.3 Å². The fourth-order valence-corrected chi connectivity index (χ4v) is 2.32. The Hall–Kier alpha value is -1.94. The highest BCUT2D eigenvalue weighted by Crippen LogP contribution is 2.15. The van der Waals surface area contributed by atoms with E-state index in [1.54, 1.807) is 12.3 Å². The summed E-state index contributed by atoms with van der Waals surface area (Å²) in [5, 5.41) is 3.38. The van der Waals surface area contributed by atoms with E-state index < -0.39 is 0 Å². The first-order valence-electron chi connectivity index (χ1n) is 6.87. The van der Waals surface area contributed by atoms with Crippen molar-refractivity contribution in [3.8, 4) is 0 Å². The third kappa shape index (κ3) is 3.78. The molecule has 4 heteroatoms. The number of nitrogen functional groups attached to an aromatic ring is 1. The van der Waals surface area contributed by atoms with Gasteiger partial charge >= 0.3 is 0 Å². The second-order valence-corrected chi connectivity index (χ2v) is 4.80. The van der Waals surface area contributed by atoms with Crippen molar-refractivity contribution in [2.45, 2.75) is 25.8 Å². The molecule has 1 aromatic carbocycles. The lowest BCUT2D eigenvalue weighted by molar-refractivity contribution is 0.506. The third-order valence-electron chi connectivity index (χ3n) is 3.31. The number of benzene rings is 1. The molecule has 106 valence electrons. The van der Waals surface area contributed by atoms with E-state index in [0.29, 0.717) is 12.2 Å². The molecule has 2 aromatic rings. The molecule has 0 aliphatic carbocycles. The van der Waals surface area contributed by atoms with Crippen LogP contribution in [0.25, 0.3) is 0 Å². The fourth-order valence-electron chi connectivity index (χ4n) is 2.32. The maximum atomic E-state index is 13.7. The van der Waals surface area contributed by atoms with Crippen LogP contribution in [0.2, 0.25) is 0 Å². The molecule has 0 spiro atoms. The van der Waals surface area contributed by atoms with Crippen molar-refractivity contribution in [2.24, 2.45) is 0 Å². The van der Waals surface area contributed by atoms with E-state index in [0.717, 1.165) is 24.1 Å². The predicted octanol–water partition coefficient (Wildman–Crippen LogP) is 2.57. The molecule has 1 aromatic heterocycles. The van der Waals surface area contributed by atoms with Crippen LogP contribution in [0, 0.1) is 5.82 Å². The van der Waals surface area contributed by atoms with Crippen LogP contribution in [-0.4, -0.2) is 17.6 Å². The third-order valence-corrected chi connectivity index (χ3v) is 3.31. The van der Waals surface area contributed by atoms with Gasteiger partial charge in [0.2, 0.25) is 0 Å². The van der Waals surface area contributed by atoms with Gasteiger partial charge in [-0.05, 0) is 42.6 Å². The average molecular weight is 273 g/mol. The van der Waals surface area contributed by atoms with E-state index in [1.165, 1.54) is 6.07 Å². The molecule has 0 bridgehead atoms. The molecule has 1 heterocycles. The lowest BCUT2D eigenvalue weighted by atomic mass is 9.99. The molecule has 1 atom stereocenters. The van der Waals surface area contributed by atoms with Crippen molar-refractivity contribution in [1.29, 1.82) is 0 Å². The van der Waals surface area contributed by atoms with Crippen molar-refractivity contribution in [2.75, 3.05) is 12.3 Å². The molecule has 2 rings (SSSR count). The quantitative estimate of drug-likeness (QED) is 0.850. The number of hydrogen-bond acceptors (Lipinski definition) is 3. The number of hydrogen-bond donors (Lipinski definition) is 2. The van der Waals surface area contributed by atoms with Gasteiger partial charge in [-0.15, -0.1) is 0 Å². The van der Waals surface area contributed by atoms with Gasteiger partial charge in [0.05, 0.1) is 0 Å². The summed E-state index contributed by atoms with van der Waals surface area (Å²) in [6.07, 6.45) is 3.05. The van der Waals surface area contributed by atoms with E-state index in [9.17, 15) is 4.39 Å². The van der Waals surface area contributed by atoms with Crippen LogP contribution in [-0.2, 0) is 12.8 Å². The van der Waals surface area contributed by atoms with Crippen LogP contribution in [0.3, 0.4) is 0 Å². The average Bonchev–Trinajstić information content (AvgIpc) is 2.44. The van der Waals surface area contributed by atoms with Gasteiger partial charge < -0.3 is 11.1 Å². The fraction of sp³-hybridized carbons (Fsp3) is 0.312. The minimum Gasteiger partial charge on any atom is -0.383 e. The SMILES string of the molecule is CCNC(Cc1ccccc1F)Cc1cccnc1N. The molecular formula is C16H20FN3. The van der Waals surface area contributed by atoms with Crippen LogP contribution in [0.1, 0.15) is 18.1 Å². The Morgan fingerprint density at radius 1 is 1.15 bits per heavy atom. The Kier molecular flexibility index (Phi) is 5.07. The second kappa shape index (κ2) is 7.01. The van der Waals surface area contributed by atoms with Crippen molar-refractivity contribution >= 4 is 5.82 Å². The Balaban J connectivity index is 2.12. The second-order valence-electron chi connectivity index (χ2n) is 4.80. The number of pyridine rings is 1. The summed E-state index contributed by atoms with van der Waals surface area (Å²) in [4.78, 5) is 4.09. The zero-order chi connectivity index (χ0) is 14.4. The van der Waals surface area contributed by atoms with Crippen LogP contribution < -0.4 is 11.1 Å². The van der Waals surface area contributed by atoms with Crippen LogP contribution >= 0.6 is 0 Å². The van der Waals surface area contributed by atoms with E-state index in [2.05, 4.69) is 10.3 Å². The Labute approximate surface area is 119 Å². The molecule has 0 aliphatic rings. The Morgan fingerprint density at radius 2 is 1.85 bits per heavy atom. The van der Waals surface area contributed by atoms with Gasteiger partial charge in [0.1, 0.15) is 11.6 Å². The highest BCUT2D eigenvalue weighted by Gasteiger charge is 2.13. The molecule has 20 heavy (non-hydrogen) atoms. The molecule has 0 saturated heterocycles. The standard InChI is InChI=1S/C16H20FN3/c1-2-19-14(10-12-6-3-4-8-15(12)17)11-13-7-5-9-20-16(13)18/h3-9,14,19H,2,10-11H2,1H3,(H2,18,20). The highest BCUT2D eigenvalue weighted by atomic mass is 19.1. The minimum absolute atomic E-state index is 0.142. The normalized spacial score (nSPS) is 12.3. The summed E-state index contributed by atoms with van der Waals surface area (Å²) in [6.45, 7) is 2.88. The molecule has 0 radical (unpaired) electrons. The summed E-state index contributed by atoms with van der Waals surface area (Å²) in [6, 6.07) is 10.9. The molecule has 0 aliphatic heterocycles. The monoisotopic (exact) mass is 273 g/mol. The summed E-state index contributed by atoms with van der Waals surface area (Å²) < 4.78 is 13.7. The molecule has 0 fully saturated rings. The lowest BCUT2D eigenvalue weighted by Crippen LogP contribution is -2.33. The van der Waals surface area contributed by atoms with E-state index in [1.807, 2.05) is 31.2 Å². The number of likely N-dealkylation sites (N-methyl/N-ethyl adjacent to an activating group) is 1. The van der Waals surface area contributed by atoms with Crippen molar-refractivity contribution in [3.05, 3.63) is 59.5 Å². The van der Waals surface area contributed by atoms with Gasteiger partial charge in [0.15, 0.2) is 0 Å². The minimum atomic E-state index is -0.158. The molecule has 1 unspecified atom stereocenters. The molecule has 3 nitrogen and oxygen atoms in total. The lowest BCUT2D eigenvalue weighted by Gasteiger charge is -2.19. The zero-order valence-electron chi connectivity index (χ0n) is 11.6. The van der Waals surface area contributed by atoms with Crippen molar-refractivity contribution < 1.29 is 4.39 Å². The predicted molar refractivity (Wildman–Crippen MR) is 79.9 cm³/mol. The number of halogens is 1. The van der Waals surface area contributed by atoms with Crippen LogP contribution in [0.5, 0.6) is 0 Å². The van der Waals surface area contributed by atoms with Gasteiger partial charge in [0, 0.05) is 12.2 Å². The smallest absolute Gasteiger partial charge is 0.126 e. The number of nitrogens with zero attached hydrogens (tertiary/aromatic N) is 1. The topological polar surface area (TPSA) is 50.9 Å². The van der Waals surface area contributed by atoms with Crippen LogP contribution in [0.15, 0.2) is 42.6 Å². The first-order chi connectivity index (χ1) is 9.70. The van der Waals surface area contributed by atoms with E-state index in [4.69, 9.17) is 5.73 Å². The molecule has 0 amide bonds. The number of anilines is 1. The summed E-state index contributed by atoms with van der Waals surface area (Å²) in [5.41, 5.74) is 7.59. The van der Waals surface area contributed by atoms with Crippen molar-refractivity contribution in [3.63, 3.8) is 0 Å². The van der Waals surface area contributed by atoms with E-state index in [-0.39, 0.29) is 11.9 Å². The number of nitrogens with one attached hydrogen (secondary N) is 1. The summed E-state index contributed by atoms with van der Waals surface area (Å²) in [5.74, 6) is 0.387. The number of aromatic nitrogens is 1. The van der Waals surface area contributed by atoms with Gasteiger partial charge in [-0.2, -0.15) is 0 Å². The molecule has 0 saturated carbocycles. The zero-order valence-corrected chi connectivity index (χ0v) is 11.6. The van der Waals surface area contributed by atoms with E-state index >= 15 is 0 Å². The van der Waals surface area contributed by atoms with Gasteiger partial charge in [-0.3, -0.25) is 0 Å². The molecular weight excluding hydrogens is 253 g/mol. The first-order valence-corrected chi connectivity index (χ1v) is 6.87. The van der Waals surface area contributed by atoms with Crippen LogP contribution in [0.4, 0.5) is 10.2 Å². The molecule has 3 N–H and O–H groups in total. The Morgan fingerprint density at radius 3 is 2.55 bits per heavy atom. The summed E-state index contributed by atoms with van der Waals surface area (Å²) >= 11 is 0. The summed E-state index contributed by atoms with van der Waals surface area (Å²) in [7, 11) is 0. The van der Waals surface area contributed by atoms with Gasteiger partial charge in [-0.1, -0.05) is 31.2 Å². The maximum Gasteiger partial charge on any atom is 0.126 e. The number of nitrogens with two attached hydrogens (primary N) is 1. The number of rotatable bonds is 6.